The number of benzene rings is 1. The van der Waals surface area contributed by atoms with Crippen LogP contribution in [0, 0.1) is 17.8 Å². The third kappa shape index (κ3) is 4.45. The molecule has 2 aromatic rings. The number of nitrogens with zero attached hydrogens (tertiary/aromatic N) is 2. The maximum Gasteiger partial charge on any atom is 0.303 e. The molecular formula is C23H31N3O4. The van der Waals surface area contributed by atoms with Crippen LogP contribution in [0.25, 0.3) is 11.0 Å². The third-order valence-electron chi connectivity index (χ3n) is 6.79. The zero-order valence-electron chi connectivity index (χ0n) is 17.6. The van der Waals surface area contributed by atoms with Crippen LogP contribution in [-0.4, -0.2) is 52.1 Å². The molecule has 2 aliphatic rings. The fourth-order valence-corrected chi connectivity index (χ4v) is 5.18. The smallest absolute Gasteiger partial charge is 0.303 e. The van der Waals surface area contributed by atoms with Gasteiger partial charge in [-0.2, -0.15) is 0 Å². The Hall–Kier alpha value is -2.57. The molecule has 7 nitrogen and oxygen atoms in total. The van der Waals surface area contributed by atoms with Gasteiger partial charge in [-0.05, 0) is 43.2 Å². The van der Waals surface area contributed by atoms with Crippen molar-refractivity contribution in [1.82, 2.24) is 14.9 Å². The molecule has 0 spiro atoms. The first-order valence-corrected chi connectivity index (χ1v) is 11.1. The second-order valence-electron chi connectivity index (χ2n) is 8.77. The Morgan fingerprint density at radius 2 is 2.00 bits per heavy atom. The molecule has 7 heteroatoms. The number of para-hydroxylation sites is 1. The summed E-state index contributed by atoms with van der Waals surface area (Å²) in [6, 6.07) is 5.76. The fraction of sp³-hybridized carbons (Fsp3) is 0.609. The topological polar surface area (TPSA) is 95.5 Å². The van der Waals surface area contributed by atoms with Crippen molar-refractivity contribution in [3.8, 4) is 5.75 Å². The molecule has 162 valence electrons. The number of H-pyrrole nitrogens is 1. The summed E-state index contributed by atoms with van der Waals surface area (Å²) < 4.78 is 5.41. The number of piperidine rings is 1. The summed E-state index contributed by atoms with van der Waals surface area (Å²) >= 11 is 0. The monoisotopic (exact) mass is 413 g/mol. The van der Waals surface area contributed by atoms with Gasteiger partial charge in [0.15, 0.2) is 0 Å². The van der Waals surface area contributed by atoms with Gasteiger partial charge in [0, 0.05) is 31.8 Å². The Morgan fingerprint density at radius 1 is 1.20 bits per heavy atom. The van der Waals surface area contributed by atoms with Gasteiger partial charge in [0.2, 0.25) is 5.91 Å². The van der Waals surface area contributed by atoms with Gasteiger partial charge >= 0.3 is 5.97 Å². The van der Waals surface area contributed by atoms with Gasteiger partial charge in [0.25, 0.3) is 0 Å². The van der Waals surface area contributed by atoms with Gasteiger partial charge in [-0.3, -0.25) is 9.59 Å². The quantitative estimate of drug-likeness (QED) is 0.754. The Bertz CT molecular complexity index is 903. The lowest BCUT2D eigenvalue weighted by molar-refractivity contribution is -0.141. The number of aromatic nitrogens is 2. The zero-order valence-corrected chi connectivity index (χ0v) is 17.6. The van der Waals surface area contributed by atoms with Gasteiger partial charge in [-0.25, -0.2) is 4.98 Å². The number of amides is 1. The van der Waals surface area contributed by atoms with Crippen LogP contribution in [0.2, 0.25) is 0 Å². The van der Waals surface area contributed by atoms with E-state index in [0.717, 1.165) is 54.7 Å². The Labute approximate surface area is 176 Å². The van der Waals surface area contributed by atoms with Crippen molar-refractivity contribution in [2.24, 2.45) is 17.8 Å². The number of aromatic amines is 1. The van der Waals surface area contributed by atoms with E-state index < -0.39 is 5.97 Å². The maximum absolute atomic E-state index is 13.1. The van der Waals surface area contributed by atoms with Crippen LogP contribution in [-0.2, 0) is 16.0 Å². The van der Waals surface area contributed by atoms with E-state index >= 15 is 0 Å². The van der Waals surface area contributed by atoms with Gasteiger partial charge in [-0.1, -0.05) is 25.3 Å². The van der Waals surface area contributed by atoms with E-state index in [2.05, 4.69) is 4.98 Å². The number of nitrogens with one attached hydrogen (secondary N) is 1. The minimum Gasteiger partial charge on any atom is -0.494 e. The van der Waals surface area contributed by atoms with Crippen molar-refractivity contribution in [2.75, 3.05) is 20.2 Å². The highest BCUT2D eigenvalue weighted by Crippen LogP contribution is 2.33. The number of hydrogen-bond donors (Lipinski definition) is 2. The molecule has 1 aliphatic heterocycles. The summed E-state index contributed by atoms with van der Waals surface area (Å²) in [6.07, 6.45) is 6.97. The fourth-order valence-electron chi connectivity index (χ4n) is 5.18. The number of rotatable bonds is 6. The number of carbonyl (C=O) groups is 2. The number of carboxylic acids is 1. The van der Waals surface area contributed by atoms with Crippen molar-refractivity contribution in [2.45, 2.75) is 51.4 Å². The summed E-state index contributed by atoms with van der Waals surface area (Å²) in [6.45, 7) is 1.28. The highest BCUT2D eigenvalue weighted by Gasteiger charge is 2.35. The average Bonchev–Trinajstić information content (AvgIpc) is 3.17. The zero-order chi connectivity index (χ0) is 21.1. The highest BCUT2D eigenvalue weighted by molar-refractivity contribution is 5.81. The van der Waals surface area contributed by atoms with Crippen LogP contribution in [0.1, 0.15) is 50.8 Å². The molecule has 2 fully saturated rings. The lowest BCUT2D eigenvalue weighted by Gasteiger charge is -2.40. The summed E-state index contributed by atoms with van der Waals surface area (Å²) in [5.41, 5.74) is 1.70. The van der Waals surface area contributed by atoms with Crippen LogP contribution in [0.4, 0.5) is 0 Å². The second kappa shape index (κ2) is 9.06. The van der Waals surface area contributed by atoms with Gasteiger partial charge in [-0.15, -0.1) is 0 Å². The number of carbonyl (C=O) groups excluding carboxylic acids is 1. The van der Waals surface area contributed by atoms with Crippen molar-refractivity contribution < 1.29 is 19.4 Å². The summed E-state index contributed by atoms with van der Waals surface area (Å²) in [5, 5.41) is 9.39. The number of ether oxygens (including phenoxy) is 1. The number of imidazole rings is 1. The third-order valence-corrected chi connectivity index (χ3v) is 6.79. The van der Waals surface area contributed by atoms with Crippen molar-refractivity contribution in [1.29, 1.82) is 0 Å². The van der Waals surface area contributed by atoms with E-state index in [1.54, 1.807) is 7.11 Å². The molecule has 1 saturated carbocycles. The maximum atomic E-state index is 13.1. The molecular weight excluding hydrogens is 382 g/mol. The summed E-state index contributed by atoms with van der Waals surface area (Å²) in [5.74, 6) is 1.30. The van der Waals surface area contributed by atoms with Crippen molar-refractivity contribution in [3.63, 3.8) is 0 Å². The Kier molecular flexibility index (Phi) is 6.25. The molecule has 2 N–H and O–H groups in total. The summed E-state index contributed by atoms with van der Waals surface area (Å²) in [4.78, 5) is 34.6. The standard InChI is InChI=1S/C23H31N3O4/c1-30-19-9-5-8-18-22(19)25-20(24-18)12-17-14-26(11-10-16(17)13-21(27)28)23(29)15-6-3-2-4-7-15/h5,8-9,15-17H,2-4,6-7,10-14H2,1H3,(H,24,25)(H,27,28)/t16-,17-/m0/s1. The lowest BCUT2D eigenvalue weighted by Crippen LogP contribution is -2.47. The van der Waals surface area contributed by atoms with Crippen LogP contribution in [0.3, 0.4) is 0 Å². The molecule has 0 radical (unpaired) electrons. The van der Waals surface area contributed by atoms with Gasteiger partial charge < -0.3 is 19.7 Å². The lowest BCUT2D eigenvalue weighted by atomic mass is 9.80. The first kappa shape index (κ1) is 20.7. The van der Waals surface area contributed by atoms with E-state index in [-0.39, 0.29) is 30.1 Å². The number of likely N-dealkylation sites (tertiary alicyclic amines) is 1. The number of aliphatic carboxylic acids is 1. The summed E-state index contributed by atoms with van der Waals surface area (Å²) in [7, 11) is 1.63. The SMILES string of the molecule is COc1cccc2[nH]c(C[C@H]3CN(C(=O)C4CCCCC4)CC[C@H]3CC(=O)O)nc12. The van der Waals surface area contributed by atoms with E-state index in [1.807, 2.05) is 23.1 Å². The van der Waals surface area contributed by atoms with Gasteiger partial charge in [0.1, 0.15) is 17.1 Å². The molecule has 2 heterocycles. The molecule has 1 amide bonds. The molecule has 1 aromatic carbocycles. The first-order valence-electron chi connectivity index (χ1n) is 11.1. The number of carboxylic acid groups (broad SMARTS) is 1. The second-order valence-corrected chi connectivity index (χ2v) is 8.77. The predicted octanol–water partition coefficient (Wildman–Crippen LogP) is 3.63. The average molecular weight is 414 g/mol. The molecule has 1 saturated heterocycles. The molecule has 1 aromatic heterocycles. The molecule has 30 heavy (non-hydrogen) atoms. The first-order chi connectivity index (χ1) is 14.5. The van der Waals surface area contributed by atoms with E-state index in [1.165, 1.54) is 6.42 Å². The molecule has 4 rings (SSSR count). The Balaban J connectivity index is 1.52. The minimum atomic E-state index is -0.775. The number of fused-ring (bicyclic) bond motifs is 1. The van der Waals surface area contributed by atoms with Crippen molar-refractivity contribution in [3.05, 3.63) is 24.0 Å². The minimum absolute atomic E-state index is 0.0491. The van der Waals surface area contributed by atoms with E-state index in [0.29, 0.717) is 19.5 Å². The molecule has 1 aliphatic carbocycles. The van der Waals surface area contributed by atoms with Gasteiger partial charge in [0.05, 0.1) is 12.6 Å². The van der Waals surface area contributed by atoms with Crippen molar-refractivity contribution >= 4 is 22.9 Å². The van der Waals surface area contributed by atoms with Crippen LogP contribution < -0.4 is 4.74 Å². The van der Waals surface area contributed by atoms with E-state index in [4.69, 9.17) is 9.72 Å². The largest absolute Gasteiger partial charge is 0.494 e. The Morgan fingerprint density at radius 3 is 2.73 bits per heavy atom. The normalized spacial score (nSPS) is 22.9. The van der Waals surface area contributed by atoms with E-state index in [9.17, 15) is 14.7 Å². The highest BCUT2D eigenvalue weighted by atomic mass is 16.5. The predicted molar refractivity (Wildman–Crippen MR) is 113 cm³/mol. The molecule has 0 bridgehead atoms. The number of hydrogen-bond acceptors (Lipinski definition) is 4. The van der Waals surface area contributed by atoms with Crippen LogP contribution in [0.5, 0.6) is 5.75 Å². The van der Waals surface area contributed by atoms with Crippen LogP contribution in [0.15, 0.2) is 18.2 Å². The van der Waals surface area contributed by atoms with Crippen LogP contribution >= 0.6 is 0 Å². The molecule has 0 unspecified atom stereocenters. The molecule has 2 atom stereocenters. The number of methoxy groups -OCH3 is 1.